The smallest absolute Gasteiger partial charge is 0.0608 e. The van der Waals surface area contributed by atoms with Gasteiger partial charge >= 0.3 is 0 Å². The van der Waals surface area contributed by atoms with Gasteiger partial charge in [0.2, 0.25) is 0 Å². The number of thiophene rings is 1. The third-order valence-electron chi connectivity index (χ3n) is 3.56. The zero-order chi connectivity index (χ0) is 14.4. The van der Waals surface area contributed by atoms with E-state index >= 15 is 0 Å². The van der Waals surface area contributed by atoms with E-state index in [1.165, 1.54) is 21.0 Å². The van der Waals surface area contributed by atoms with Crippen molar-refractivity contribution in [2.75, 3.05) is 6.54 Å². The van der Waals surface area contributed by atoms with Gasteiger partial charge in [0.05, 0.1) is 11.7 Å². The van der Waals surface area contributed by atoms with Crippen molar-refractivity contribution in [1.82, 2.24) is 10.3 Å². The van der Waals surface area contributed by atoms with Gasteiger partial charge < -0.3 is 5.32 Å². The summed E-state index contributed by atoms with van der Waals surface area (Å²) < 4.78 is 0. The second-order valence-electron chi connectivity index (χ2n) is 4.94. The Kier molecular flexibility index (Phi) is 5.74. The van der Waals surface area contributed by atoms with Crippen LogP contribution in [0.25, 0.3) is 0 Å². The van der Waals surface area contributed by atoms with Gasteiger partial charge in [0.15, 0.2) is 0 Å². The van der Waals surface area contributed by atoms with E-state index in [4.69, 9.17) is 0 Å². The van der Waals surface area contributed by atoms with E-state index in [1.807, 2.05) is 23.6 Å². The Bertz CT molecular complexity index is 533. The molecule has 0 amide bonds. The van der Waals surface area contributed by atoms with Gasteiger partial charge in [-0.2, -0.15) is 0 Å². The maximum Gasteiger partial charge on any atom is 0.0608 e. The van der Waals surface area contributed by atoms with Gasteiger partial charge in [-0.3, -0.25) is 4.98 Å². The Balaban J connectivity index is 2.21. The van der Waals surface area contributed by atoms with Crippen molar-refractivity contribution >= 4 is 11.3 Å². The highest BCUT2D eigenvalue weighted by atomic mass is 32.1. The average Bonchev–Trinajstić information content (AvgIpc) is 2.94. The summed E-state index contributed by atoms with van der Waals surface area (Å²) in [5.74, 6) is 0. The first-order chi connectivity index (χ1) is 9.78. The van der Waals surface area contributed by atoms with Crippen LogP contribution in [-0.4, -0.2) is 11.5 Å². The maximum atomic E-state index is 4.63. The van der Waals surface area contributed by atoms with Crippen LogP contribution in [0.5, 0.6) is 0 Å². The molecule has 0 aromatic carbocycles. The number of pyridine rings is 1. The molecule has 0 aliphatic carbocycles. The third-order valence-corrected chi connectivity index (χ3v) is 4.81. The highest BCUT2D eigenvalue weighted by Gasteiger charge is 2.16. The van der Waals surface area contributed by atoms with Crippen molar-refractivity contribution in [1.29, 1.82) is 0 Å². The lowest BCUT2D eigenvalue weighted by Gasteiger charge is -2.19. The topological polar surface area (TPSA) is 24.9 Å². The molecule has 2 nitrogen and oxygen atoms in total. The molecule has 0 radical (unpaired) electrons. The number of likely N-dealkylation sites (N-methyl/N-ethyl adjacent to an activating group) is 1. The molecule has 0 fully saturated rings. The third kappa shape index (κ3) is 3.68. The van der Waals surface area contributed by atoms with Gasteiger partial charge in [0.25, 0.3) is 0 Å². The van der Waals surface area contributed by atoms with Crippen molar-refractivity contribution in [3.05, 3.63) is 51.5 Å². The van der Waals surface area contributed by atoms with E-state index in [0.29, 0.717) is 6.04 Å². The molecular formula is C17H24N2S. The SMILES string of the molecule is CCNC(Cc1ccc(CC)s1)c1ncccc1CC. The van der Waals surface area contributed by atoms with E-state index in [1.54, 1.807) is 0 Å². The van der Waals surface area contributed by atoms with Crippen molar-refractivity contribution in [2.45, 2.75) is 46.1 Å². The highest BCUT2D eigenvalue weighted by Crippen LogP contribution is 2.25. The Morgan fingerprint density at radius 1 is 1.10 bits per heavy atom. The quantitative estimate of drug-likeness (QED) is 0.827. The molecule has 2 heterocycles. The summed E-state index contributed by atoms with van der Waals surface area (Å²) in [4.78, 5) is 7.54. The molecule has 0 spiro atoms. The van der Waals surface area contributed by atoms with Gasteiger partial charge in [0, 0.05) is 22.4 Å². The first-order valence-corrected chi connectivity index (χ1v) is 8.34. The molecule has 1 atom stereocenters. The Morgan fingerprint density at radius 2 is 1.90 bits per heavy atom. The summed E-state index contributed by atoms with van der Waals surface area (Å²) in [5, 5.41) is 3.59. The Labute approximate surface area is 126 Å². The maximum absolute atomic E-state index is 4.63. The largest absolute Gasteiger partial charge is 0.309 e. The first kappa shape index (κ1) is 15.2. The van der Waals surface area contributed by atoms with Crippen molar-refractivity contribution in [3.8, 4) is 0 Å². The number of aromatic nitrogens is 1. The van der Waals surface area contributed by atoms with Crippen LogP contribution < -0.4 is 5.32 Å². The number of aryl methyl sites for hydroxylation is 2. The summed E-state index contributed by atoms with van der Waals surface area (Å²) >= 11 is 1.93. The second-order valence-corrected chi connectivity index (χ2v) is 6.19. The van der Waals surface area contributed by atoms with Crippen LogP contribution in [0, 0.1) is 0 Å². The summed E-state index contributed by atoms with van der Waals surface area (Å²) in [7, 11) is 0. The summed E-state index contributed by atoms with van der Waals surface area (Å²) in [5.41, 5.74) is 2.56. The number of hydrogen-bond acceptors (Lipinski definition) is 3. The van der Waals surface area contributed by atoms with Gasteiger partial charge in [-0.1, -0.05) is 26.8 Å². The Hall–Kier alpha value is -1.19. The minimum Gasteiger partial charge on any atom is -0.309 e. The molecule has 0 saturated carbocycles. The van der Waals surface area contributed by atoms with E-state index in [9.17, 15) is 0 Å². The molecule has 3 heteroatoms. The van der Waals surface area contributed by atoms with Crippen LogP contribution in [0.15, 0.2) is 30.5 Å². The predicted molar refractivity (Wildman–Crippen MR) is 87.4 cm³/mol. The zero-order valence-corrected chi connectivity index (χ0v) is 13.5. The van der Waals surface area contributed by atoms with Crippen LogP contribution >= 0.6 is 11.3 Å². The second kappa shape index (κ2) is 7.55. The molecular weight excluding hydrogens is 264 g/mol. The van der Waals surface area contributed by atoms with Crippen LogP contribution in [-0.2, 0) is 19.3 Å². The molecule has 1 unspecified atom stereocenters. The van der Waals surface area contributed by atoms with Gasteiger partial charge in [0.1, 0.15) is 0 Å². The van der Waals surface area contributed by atoms with E-state index < -0.39 is 0 Å². The van der Waals surface area contributed by atoms with Crippen LogP contribution in [0.3, 0.4) is 0 Å². The van der Waals surface area contributed by atoms with Gasteiger partial charge in [-0.25, -0.2) is 0 Å². The Morgan fingerprint density at radius 3 is 2.55 bits per heavy atom. The fraction of sp³-hybridized carbons (Fsp3) is 0.471. The van der Waals surface area contributed by atoms with Crippen LogP contribution in [0.1, 0.15) is 47.8 Å². The lowest BCUT2D eigenvalue weighted by atomic mass is 10.0. The minimum absolute atomic E-state index is 0.319. The molecule has 2 rings (SSSR count). The fourth-order valence-electron chi connectivity index (χ4n) is 2.50. The van der Waals surface area contributed by atoms with E-state index in [2.05, 4.69) is 49.3 Å². The molecule has 108 valence electrons. The van der Waals surface area contributed by atoms with E-state index in [0.717, 1.165) is 25.8 Å². The molecule has 0 aliphatic heterocycles. The molecule has 0 saturated heterocycles. The molecule has 2 aromatic rings. The molecule has 0 aliphatic rings. The standard InChI is InChI=1S/C17H24N2S/c1-4-13-8-7-11-19-17(13)16(18-6-3)12-15-10-9-14(5-2)20-15/h7-11,16,18H,4-6,12H2,1-3H3. The normalized spacial score (nSPS) is 12.6. The number of nitrogens with zero attached hydrogens (tertiary/aromatic N) is 1. The monoisotopic (exact) mass is 288 g/mol. The number of rotatable bonds is 7. The van der Waals surface area contributed by atoms with E-state index in [-0.39, 0.29) is 0 Å². The lowest BCUT2D eigenvalue weighted by Crippen LogP contribution is -2.24. The van der Waals surface area contributed by atoms with Gasteiger partial charge in [-0.15, -0.1) is 11.3 Å². The zero-order valence-electron chi connectivity index (χ0n) is 12.6. The number of hydrogen-bond donors (Lipinski definition) is 1. The summed E-state index contributed by atoms with van der Waals surface area (Å²) in [6.45, 7) is 7.54. The summed E-state index contributed by atoms with van der Waals surface area (Å²) in [6, 6.07) is 9.06. The van der Waals surface area contributed by atoms with Gasteiger partial charge in [-0.05, 0) is 43.1 Å². The minimum atomic E-state index is 0.319. The first-order valence-electron chi connectivity index (χ1n) is 7.53. The molecule has 2 aromatic heterocycles. The van der Waals surface area contributed by atoms with Crippen LogP contribution in [0.4, 0.5) is 0 Å². The highest BCUT2D eigenvalue weighted by molar-refractivity contribution is 7.11. The molecule has 1 N–H and O–H groups in total. The fourth-order valence-corrected chi connectivity index (χ4v) is 3.50. The van der Waals surface area contributed by atoms with Crippen molar-refractivity contribution in [2.24, 2.45) is 0 Å². The average molecular weight is 288 g/mol. The molecule has 20 heavy (non-hydrogen) atoms. The van der Waals surface area contributed by atoms with Crippen molar-refractivity contribution < 1.29 is 0 Å². The number of nitrogens with one attached hydrogen (secondary N) is 1. The van der Waals surface area contributed by atoms with Crippen molar-refractivity contribution in [3.63, 3.8) is 0 Å². The van der Waals surface area contributed by atoms with Crippen LogP contribution in [0.2, 0.25) is 0 Å². The predicted octanol–water partition coefficient (Wildman–Crippen LogP) is 4.16. The summed E-state index contributed by atoms with van der Waals surface area (Å²) in [6.07, 6.45) is 5.10. The molecule has 0 bridgehead atoms. The lowest BCUT2D eigenvalue weighted by molar-refractivity contribution is 0.535.